The maximum absolute atomic E-state index is 12.2. The molecule has 2 aromatic rings. The van der Waals surface area contributed by atoms with Gasteiger partial charge in [0.15, 0.2) is 6.61 Å². The van der Waals surface area contributed by atoms with E-state index in [9.17, 15) is 4.79 Å². The Kier molecular flexibility index (Phi) is 5.98. The molecule has 1 amide bonds. The van der Waals surface area contributed by atoms with E-state index in [1.807, 2.05) is 48.5 Å². The van der Waals surface area contributed by atoms with Crippen LogP contribution in [0.1, 0.15) is 19.4 Å². The van der Waals surface area contributed by atoms with Crippen molar-refractivity contribution in [2.75, 3.05) is 39.8 Å². The lowest BCUT2D eigenvalue weighted by Crippen LogP contribution is -2.48. The van der Waals surface area contributed by atoms with E-state index >= 15 is 0 Å². The average Bonchev–Trinajstić information content (AvgIpc) is 3.02. The molecular weight excluding hydrogens is 292 g/mol. The van der Waals surface area contributed by atoms with Crippen LogP contribution in [0, 0.1) is 6.92 Å². The van der Waals surface area contributed by atoms with E-state index in [1.54, 1.807) is 6.20 Å². The molecule has 1 fully saturated rings. The molecule has 1 saturated heterocycles. The third-order valence-electron chi connectivity index (χ3n) is 3.89. The van der Waals surface area contributed by atoms with Crippen LogP contribution >= 0.6 is 0 Å². The smallest absolute Gasteiger partial charge is 0.260 e. The van der Waals surface area contributed by atoms with Crippen molar-refractivity contribution >= 4 is 11.6 Å². The van der Waals surface area contributed by atoms with Crippen molar-refractivity contribution in [1.29, 1.82) is 0 Å². The monoisotopic (exact) mass is 318 g/mol. The predicted octanol–water partition coefficient (Wildman–Crippen LogP) is 1.82. The van der Waals surface area contributed by atoms with Gasteiger partial charge < -0.3 is 18.9 Å². The molecule has 3 heterocycles. The van der Waals surface area contributed by atoms with E-state index in [-0.39, 0.29) is 12.5 Å². The number of pyridine rings is 1. The molecule has 1 aliphatic heterocycles. The SMILES string of the molecule is CC.Cc1cn2ccnc2cc1OCC(=O)N1CCN(C)CC1. The minimum Gasteiger partial charge on any atom is -0.483 e. The fraction of sp³-hybridized carbons (Fsp3) is 0.529. The summed E-state index contributed by atoms with van der Waals surface area (Å²) in [5.74, 6) is 0.766. The number of carbonyl (C=O) groups is 1. The fourth-order valence-electron chi connectivity index (χ4n) is 2.49. The molecule has 3 rings (SSSR count). The van der Waals surface area contributed by atoms with E-state index in [0.717, 1.165) is 43.1 Å². The Morgan fingerprint density at radius 2 is 1.96 bits per heavy atom. The number of rotatable bonds is 3. The highest BCUT2D eigenvalue weighted by Gasteiger charge is 2.19. The van der Waals surface area contributed by atoms with Crippen molar-refractivity contribution in [3.63, 3.8) is 0 Å². The first-order chi connectivity index (χ1) is 11.1. The van der Waals surface area contributed by atoms with Gasteiger partial charge in [-0.05, 0) is 14.0 Å². The summed E-state index contributed by atoms with van der Waals surface area (Å²) in [4.78, 5) is 20.5. The third kappa shape index (κ3) is 4.22. The molecule has 0 N–H and O–H groups in total. The molecule has 0 spiro atoms. The van der Waals surface area contributed by atoms with Crippen molar-refractivity contribution in [2.24, 2.45) is 0 Å². The van der Waals surface area contributed by atoms with E-state index in [1.165, 1.54) is 0 Å². The molecule has 0 bridgehead atoms. The van der Waals surface area contributed by atoms with Crippen molar-refractivity contribution in [3.05, 3.63) is 30.2 Å². The lowest BCUT2D eigenvalue weighted by molar-refractivity contribution is -0.134. The Labute approximate surface area is 137 Å². The van der Waals surface area contributed by atoms with Gasteiger partial charge in [-0.25, -0.2) is 4.98 Å². The van der Waals surface area contributed by atoms with E-state index in [2.05, 4.69) is 16.9 Å². The fourth-order valence-corrected chi connectivity index (χ4v) is 2.49. The van der Waals surface area contributed by atoms with Gasteiger partial charge >= 0.3 is 0 Å². The molecular formula is C17H26N4O2. The van der Waals surface area contributed by atoms with Crippen LogP contribution in [0.4, 0.5) is 0 Å². The third-order valence-corrected chi connectivity index (χ3v) is 3.89. The molecule has 23 heavy (non-hydrogen) atoms. The standard InChI is InChI=1S/C15H20N4O2.C2H6/c1-12-10-19-4-3-16-14(19)9-13(12)21-11-15(20)18-7-5-17(2)6-8-18;1-2/h3-4,9-10H,5-8,11H2,1-2H3;1-2H3. The number of aryl methyl sites for hydroxylation is 1. The van der Waals surface area contributed by atoms with Crippen LogP contribution < -0.4 is 4.74 Å². The van der Waals surface area contributed by atoms with Crippen LogP contribution in [0.3, 0.4) is 0 Å². The average molecular weight is 318 g/mol. The Balaban J connectivity index is 0.000000924. The van der Waals surface area contributed by atoms with Gasteiger partial charge in [-0.15, -0.1) is 0 Å². The van der Waals surface area contributed by atoms with Gasteiger partial charge in [0.1, 0.15) is 11.4 Å². The summed E-state index contributed by atoms with van der Waals surface area (Å²) in [6, 6.07) is 1.87. The number of piperazine rings is 1. The van der Waals surface area contributed by atoms with Crippen LogP contribution in [0.15, 0.2) is 24.7 Å². The quantitative estimate of drug-likeness (QED) is 0.866. The number of likely N-dealkylation sites (N-methyl/N-ethyl adjacent to an activating group) is 1. The van der Waals surface area contributed by atoms with Gasteiger partial charge in [0.05, 0.1) is 0 Å². The second kappa shape index (κ2) is 7.97. The molecule has 1 aliphatic rings. The molecule has 0 unspecified atom stereocenters. The van der Waals surface area contributed by atoms with Crippen LogP contribution in [0.5, 0.6) is 5.75 Å². The number of fused-ring (bicyclic) bond motifs is 1. The van der Waals surface area contributed by atoms with Crippen molar-refractivity contribution in [3.8, 4) is 5.75 Å². The van der Waals surface area contributed by atoms with Gasteiger partial charge in [0, 0.05) is 56.4 Å². The van der Waals surface area contributed by atoms with Gasteiger partial charge in [-0.2, -0.15) is 0 Å². The zero-order chi connectivity index (χ0) is 16.8. The lowest BCUT2D eigenvalue weighted by atomic mass is 10.3. The Morgan fingerprint density at radius 3 is 2.65 bits per heavy atom. The van der Waals surface area contributed by atoms with E-state index in [4.69, 9.17) is 4.74 Å². The summed E-state index contributed by atoms with van der Waals surface area (Å²) < 4.78 is 7.63. The molecule has 0 aliphatic carbocycles. The highest BCUT2D eigenvalue weighted by molar-refractivity contribution is 5.78. The number of amides is 1. The number of nitrogens with zero attached hydrogens (tertiary/aromatic N) is 4. The summed E-state index contributed by atoms with van der Waals surface area (Å²) in [6.45, 7) is 9.44. The molecule has 6 nitrogen and oxygen atoms in total. The number of hydrogen-bond acceptors (Lipinski definition) is 4. The maximum Gasteiger partial charge on any atom is 0.260 e. The topological polar surface area (TPSA) is 50.1 Å². The summed E-state index contributed by atoms with van der Waals surface area (Å²) in [5.41, 5.74) is 1.81. The number of aromatic nitrogens is 2. The van der Waals surface area contributed by atoms with Crippen LogP contribution in [0.25, 0.3) is 5.65 Å². The molecule has 6 heteroatoms. The first-order valence-electron chi connectivity index (χ1n) is 8.16. The number of ether oxygens (including phenoxy) is 1. The molecule has 0 aromatic carbocycles. The second-order valence-corrected chi connectivity index (χ2v) is 5.49. The molecule has 0 atom stereocenters. The minimum absolute atomic E-state index is 0.0470. The van der Waals surface area contributed by atoms with Gasteiger partial charge in [-0.1, -0.05) is 13.8 Å². The molecule has 126 valence electrons. The highest BCUT2D eigenvalue weighted by atomic mass is 16.5. The molecule has 0 saturated carbocycles. The van der Waals surface area contributed by atoms with E-state index in [0.29, 0.717) is 0 Å². The Hall–Kier alpha value is -2.08. The number of hydrogen-bond donors (Lipinski definition) is 0. The summed E-state index contributed by atoms with van der Waals surface area (Å²) in [6.07, 6.45) is 5.59. The summed E-state index contributed by atoms with van der Waals surface area (Å²) in [5, 5.41) is 0. The lowest BCUT2D eigenvalue weighted by Gasteiger charge is -2.32. The van der Waals surface area contributed by atoms with Gasteiger partial charge in [0.2, 0.25) is 0 Å². The minimum atomic E-state index is 0.0470. The van der Waals surface area contributed by atoms with E-state index < -0.39 is 0 Å². The largest absolute Gasteiger partial charge is 0.483 e. The Bertz CT molecular complexity index is 645. The maximum atomic E-state index is 12.2. The van der Waals surface area contributed by atoms with Crippen molar-refractivity contribution < 1.29 is 9.53 Å². The number of carbonyl (C=O) groups excluding carboxylic acids is 1. The molecule has 2 aromatic heterocycles. The van der Waals surface area contributed by atoms with Gasteiger partial charge in [-0.3, -0.25) is 4.79 Å². The zero-order valence-corrected chi connectivity index (χ0v) is 14.5. The predicted molar refractivity (Wildman–Crippen MR) is 90.8 cm³/mol. The normalized spacial score (nSPS) is 15.2. The molecule has 0 radical (unpaired) electrons. The second-order valence-electron chi connectivity index (χ2n) is 5.49. The Morgan fingerprint density at radius 1 is 1.26 bits per heavy atom. The van der Waals surface area contributed by atoms with Crippen LogP contribution in [-0.4, -0.2) is 64.9 Å². The highest BCUT2D eigenvalue weighted by Crippen LogP contribution is 2.19. The number of imidazole rings is 1. The summed E-state index contributed by atoms with van der Waals surface area (Å²) in [7, 11) is 2.07. The summed E-state index contributed by atoms with van der Waals surface area (Å²) >= 11 is 0. The first kappa shape index (κ1) is 17.3. The zero-order valence-electron chi connectivity index (χ0n) is 14.5. The van der Waals surface area contributed by atoms with Crippen molar-refractivity contribution in [1.82, 2.24) is 19.2 Å². The van der Waals surface area contributed by atoms with Crippen LogP contribution in [-0.2, 0) is 4.79 Å². The van der Waals surface area contributed by atoms with Gasteiger partial charge in [0.25, 0.3) is 5.91 Å². The first-order valence-corrected chi connectivity index (χ1v) is 8.16. The van der Waals surface area contributed by atoms with Crippen LogP contribution in [0.2, 0.25) is 0 Å². The van der Waals surface area contributed by atoms with Crippen molar-refractivity contribution in [2.45, 2.75) is 20.8 Å².